The minimum Gasteiger partial charge on any atom is -0.390 e. The standard InChI is InChI=1S/C21H25FN2O3/c1-15-13-24(9-10-27-15)14-18(25)12-23-21(26)20-11-17(22)7-8-19(20)16-5-3-2-4-6-16/h2-8,11,15,18,25H,9-10,12-14H2,1H3,(H,23,26). The number of aliphatic hydroxyl groups is 1. The van der Waals surface area contributed by atoms with Gasteiger partial charge in [0.1, 0.15) is 5.82 Å². The molecule has 6 heteroatoms. The van der Waals surface area contributed by atoms with E-state index in [9.17, 15) is 14.3 Å². The molecule has 0 spiro atoms. The minimum absolute atomic E-state index is 0.106. The number of hydrogen-bond acceptors (Lipinski definition) is 4. The lowest BCUT2D eigenvalue weighted by molar-refractivity contribution is -0.0311. The molecule has 2 aromatic rings. The first-order chi connectivity index (χ1) is 13.0. The largest absolute Gasteiger partial charge is 0.390 e. The third-order valence-corrected chi connectivity index (χ3v) is 4.60. The summed E-state index contributed by atoms with van der Waals surface area (Å²) in [5, 5.41) is 13.0. The molecule has 1 aliphatic rings. The number of β-amino-alcohol motifs (C(OH)–C–C–N with tert-alkyl or cyclic N) is 1. The SMILES string of the molecule is CC1CN(CC(O)CNC(=O)c2cc(F)ccc2-c2ccccc2)CCO1. The number of carbonyl (C=O) groups excluding carboxylic acids is 1. The van der Waals surface area contributed by atoms with Gasteiger partial charge in [0.2, 0.25) is 0 Å². The predicted octanol–water partition coefficient (Wildman–Crippen LogP) is 2.30. The van der Waals surface area contributed by atoms with Crippen molar-refractivity contribution in [3.05, 3.63) is 59.9 Å². The molecule has 2 unspecified atom stereocenters. The Morgan fingerprint density at radius 1 is 1.33 bits per heavy atom. The zero-order valence-corrected chi connectivity index (χ0v) is 15.4. The maximum absolute atomic E-state index is 13.7. The van der Waals surface area contributed by atoms with Crippen molar-refractivity contribution in [2.24, 2.45) is 0 Å². The van der Waals surface area contributed by atoms with E-state index in [2.05, 4.69) is 10.2 Å². The zero-order chi connectivity index (χ0) is 19.2. The second-order valence-corrected chi connectivity index (χ2v) is 6.86. The van der Waals surface area contributed by atoms with Crippen LogP contribution >= 0.6 is 0 Å². The number of morpholine rings is 1. The Labute approximate surface area is 158 Å². The Morgan fingerprint density at radius 3 is 2.85 bits per heavy atom. The van der Waals surface area contributed by atoms with Gasteiger partial charge in [-0.1, -0.05) is 36.4 Å². The number of nitrogens with zero attached hydrogens (tertiary/aromatic N) is 1. The van der Waals surface area contributed by atoms with Crippen LogP contribution in [0.5, 0.6) is 0 Å². The van der Waals surface area contributed by atoms with Crippen LogP contribution in [0.4, 0.5) is 4.39 Å². The molecule has 3 rings (SSSR count). The Hall–Kier alpha value is -2.28. The molecule has 27 heavy (non-hydrogen) atoms. The summed E-state index contributed by atoms with van der Waals surface area (Å²) in [6, 6.07) is 13.5. The molecule has 0 saturated carbocycles. The third kappa shape index (κ3) is 5.35. The molecule has 1 amide bonds. The van der Waals surface area contributed by atoms with Crippen LogP contribution < -0.4 is 5.32 Å². The monoisotopic (exact) mass is 372 g/mol. The van der Waals surface area contributed by atoms with Crippen LogP contribution in [0.15, 0.2) is 48.5 Å². The van der Waals surface area contributed by atoms with Crippen LogP contribution in [-0.4, -0.2) is 60.9 Å². The van der Waals surface area contributed by atoms with Crippen molar-refractivity contribution in [1.29, 1.82) is 0 Å². The van der Waals surface area contributed by atoms with Gasteiger partial charge in [-0.15, -0.1) is 0 Å². The van der Waals surface area contributed by atoms with E-state index in [0.29, 0.717) is 18.7 Å². The van der Waals surface area contributed by atoms with Crippen molar-refractivity contribution in [3.63, 3.8) is 0 Å². The van der Waals surface area contributed by atoms with Crippen LogP contribution in [0.25, 0.3) is 11.1 Å². The minimum atomic E-state index is -0.701. The number of carbonyl (C=O) groups is 1. The average Bonchev–Trinajstić information content (AvgIpc) is 2.67. The van der Waals surface area contributed by atoms with Crippen molar-refractivity contribution in [2.45, 2.75) is 19.1 Å². The summed E-state index contributed by atoms with van der Waals surface area (Å²) in [7, 11) is 0. The van der Waals surface area contributed by atoms with Crippen LogP contribution in [0, 0.1) is 5.82 Å². The number of nitrogens with one attached hydrogen (secondary N) is 1. The van der Waals surface area contributed by atoms with Gasteiger partial charge in [-0.3, -0.25) is 9.69 Å². The lowest BCUT2D eigenvalue weighted by Gasteiger charge is -2.32. The van der Waals surface area contributed by atoms with E-state index < -0.39 is 17.8 Å². The van der Waals surface area contributed by atoms with E-state index in [-0.39, 0.29) is 18.2 Å². The predicted molar refractivity (Wildman–Crippen MR) is 102 cm³/mol. The normalized spacial score (nSPS) is 18.9. The smallest absolute Gasteiger partial charge is 0.252 e. The first-order valence-electron chi connectivity index (χ1n) is 9.18. The second-order valence-electron chi connectivity index (χ2n) is 6.86. The Morgan fingerprint density at radius 2 is 2.11 bits per heavy atom. The Bertz CT molecular complexity index is 769. The highest BCUT2D eigenvalue weighted by Gasteiger charge is 2.20. The average molecular weight is 372 g/mol. The number of amides is 1. The van der Waals surface area contributed by atoms with Crippen molar-refractivity contribution < 1.29 is 19.0 Å². The molecule has 1 fully saturated rings. The summed E-state index contributed by atoms with van der Waals surface area (Å²) < 4.78 is 19.2. The summed E-state index contributed by atoms with van der Waals surface area (Å²) >= 11 is 0. The number of ether oxygens (including phenoxy) is 1. The molecule has 1 saturated heterocycles. The highest BCUT2D eigenvalue weighted by molar-refractivity contribution is 6.00. The van der Waals surface area contributed by atoms with Crippen molar-refractivity contribution >= 4 is 5.91 Å². The van der Waals surface area contributed by atoms with Crippen molar-refractivity contribution in [2.75, 3.05) is 32.8 Å². The fraction of sp³-hybridized carbons (Fsp3) is 0.381. The van der Waals surface area contributed by atoms with E-state index in [4.69, 9.17) is 4.74 Å². The summed E-state index contributed by atoms with van der Waals surface area (Å²) in [5.41, 5.74) is 1.75. The van der Waals surface area contributed by atoms with Crippen LogP contribution in [0.3, 0.4) is 0 Å². The van der Waals surface area contributed by atoms with Crippen molar-refractivity contribution in [1.82, 2.24) is 10.2 Å². The maximum Gasteiger partial charge on any atom is 0.252 e. The fourth-order valence-electron chi connectivity index (χ4n) is 3.30. The molecule has 1 aliphatic heterocycles. The third-order valence-electron chi connectivity index (χ3n) is 4.60. The number of rotatable bonds is 6. The quantitative estimate of drug-likeness (QED) is 0.817. The van der Waals surface area contributed by atoms with Crippen molar-refractivity contribution in [3.8, 4) is 11.1 Å². The summed E-state index contributed by atoms with van der Waals surface area (Å²) in [6.45, 7) is 4.72. The van der Waals surface area contributed by atoms with Gasteiger partial charge in [0.15, 0.2) is 0 Å². The summed E-state index contributed by atoms with van der Waals surface area (Å²) in [4.78, 5) is 14.7. The molecular weight excluding hydrogens is 347 g/mol. The van der Waals surface area contributed by atoms with Gasteiger partial charge in [-0.05, 0) is 30.2 Å². The molecule has 2 aromatic carbocycles. The van der Waals surface area contributed by atoms with Gasteiger partial charge < -0.3 is 15.2 Å². The van der Waals surface area contributed by atoms with Crippen LogP contribution in [0.2, 0.25) is 0 Å². The Kier molecular flexibility index (Phi) is 6.55. The van der Waals surface area contributed by atoms with Gasteiger partial charge in [0, 0.05) is 26.2 Å². The lowest BCUT2D eigenvalue weighted by Crippen LogP contribution is -2.47. The van der Waals surface area contributed by atoms with E-state index in [1.54, 1.807) is 6.07 Å². The molecule has 0 aromatic heterocycles. The highest BCUT2D eigenvalue weighted by Crippen LogP contribution is 2.24. The molecule has 144 valence electrons. The second kappa shape index (κ2) is 9.08. The number of benzene rings is 2. The van der Waals surface area contributed by atoms with E-state index in [0.717, 1.165) is 18.7 Å². The fourth-order valence-corrected chi connectivity index (χ4v) is 3.30. The van der Waals surface area contributed by atoms with Gasteiger partial charge in [0.25, 0.3) is 5.91 Å². The molecule has 0 bridgehead atoms. The van der Waals surface area contributed by atoms with Gasteiger partial charge in [-0.2, -0.15) is 0 Å². The molecule has 0 radical (unpaired) electrons. The molecule has 1 heterocycles. The topological polar surface area (TPSA) is 61.8 Å². The van der Waals surface area contributed by atoms with E-state index >= 15 is 0 Å². The summed E-state index contributed by atoms with van der Waals surface area (Å²) in [6.07, 6.45) is -0.561. The molecule has 2 atom stereocenters. The maximum atomic E-state index is 13.7. The number of halogens is 1. The molecular formula is C21H25FN2O3. The highest BCUT2D eigenvalue weighted by atomic mass is 19.1. The van der Waals surface area contributed by atoms with Gasteiger partial charge >= 0.3 is 0 Å². The zero-order valence-electron chi connectivity index (χ0n) is 15.4. The number of hydrogen-bond donors (Lipinski definition) is 2. The molecule has 2 N–H and O–H groups in total. The van der Waals surface area contributed by atoms with Gasteiger partial charge in [-0.25, -0.2) is 4.39 Å². The first-order valence-corrected chi connectivity index (χ1v) is 9.18. The molecule has 5 nitrogen and oxygen atoms in total. The lowest BCUT2D eigenvalue weighted by atomic mass is 9.99. The van der Waals surface area contributed by atoms with Crippen LogP contribution in [-0.2, 0) is 4.74 Å². The molecule has 0 aliphatic carbocycles. The van der Waals surface area contributed by atoms with Gasteiger partial charge in [0.05, 0.1) is 24.4 Å². The first kappa shape index (κ1) is 19.5. The van der Waals surface area contributed by atoms with Crippen LogP contribution in [0.1, 0.15) is 17.3 Å². The Balaban J connectivity index is 1.63. The summed E-state index contributed by atoms with van der Waals surface area (Å²) in [5.74, 6) is -0.870. The van der Waals surface area contributed by atoms with E-state index in [1.165, 1.54) is 12.1 Å². The van der Waals surface area contributed by atoms with E-state index in [1.807, 2.05) is 37.3 Å². The number of aliphatic hydroxyl groups excluding tert-OH is 1.